The first kappa shape index (κ1) is 41.6. The Balaban J connectivity index is 0.000000408. The fraction of sp³-hybridized carbons (Fsp3) is 0.367. The number of nitrogens with zero attached hydrogens (tertiary/aromatic N) is 5. The number of alkyl halides is 6. The van der Waals surface area contributed by atoms with E-state index in [2.05, 4.69) is 34.2 Å². The van der Waals surface area contributed by atoms with Crippen molar-refractivity contribution in [2.45, 2.75) is 30.9 Å². The van der Waals surface area contributed by atoms with E-state index >= 15 is 0 Å². The summed E-state index contributed by atoms with van der Waals surface area (Å²) in [5.41, 5.74) is 4.99. The number of carboxylic acid groups (broad SMARTS) is 1. The molecule has 0 bridgehead atoms. The number of carbonyl (C=O) groups excluding carboxylic acids is 1. The maximum Gasteiger partial charge on any atom is 0.490 e. The van der Waals surface area contributed by atoms with Gasteiger partial charge >= 0.3 is 23.7 Å². The lowest BCUT2D eigenvalue weighted by Gasteiger charge is -2.16. The van der Waals surface area contributed by atoms with Crippen molar-refractivity contribution in [3.8, 4) is 33.3 Å². The summed E-state index contributed by atoms with van der Waals surface area (Å²) in [6.07, 6.45) is -0.0813. The monoisotopic (exact) mass is 781 g/mol. The van der Waals surface area contributed by atoms with Crippen LogP contribution in [0.4, 0.5) is 31.1 Å². The average molecular weight is 782 g/mol. The molecular formula is C30H33F6N7O7S2. The number of thiazole rings is 1. The van der Waals surface area contributed by atoms with Crippen molar-refractivity contribution in [2.24, 2.45) is 12.8 Å². The molecular weight excluding hydrogens is 748 g/mol. The van der Waals surface area contributed by atoms with Crippen molar-refractivity contribution in [3.05, 3.63) is 65.8 Å². The van der Waals surface area contributed by atoms with Crippen LogP contribution in [0.15, 0.2) is 60.1 Å². The predicted octanol–water partition coefficient (Wildman–Crippen LogP) is 3.86. The van der Waals surface area contributed by atoms with Crippen LogP contribution in [0.2, 0.25) is 0 Å². The van der Waals surface area contributed by atoms with Gasteiger partial charge in [-0.2, -0.15) is 26.3 Å². The molecule has 2 aromatic heterocycles. The molecule has 0 unspecified atom stereocenters. The van der Waals surface area contributed by atoms with E-state index < -0.39 is 27.8 Å². The SMILES string of the molecule is C[n+]1nn(-c2ccc(-c3nc(-c4ccccc4)cs3)c(OCCN3CCNC3=O)c2)cc1CCCCN.O=C(O)C(F)(F)F.O=S(=O)([O-])C(F)(F)F. The molecule has 1 saturated heterocycles. The van der Waals surface area contributed by atoms with E-state index in [-0.39, 0.29) is 6.03 Å². The molecule has 0 atom stereocenters. The molecule has 0 spiro atoms. The number of unbranched alkanes of at least 4 members (excludes halogenated alkanes) is 1. The highest BCUT2D eigenvalue weighted by Crippen LogP contribution is 2.36. The van der Waals surface area contributed by atoms with E-state index in [1.54, 1.807) is 16.2 Å². The van der Waals surface area contributed by atoms with Crippen molar-refractivity contribution in [3.63, 3.8) is 0 Å². The van der Waals surface area contributed by atoms with Crippen molar-refractivity contribution in [2.75, 3.05) is 32.8 Å². The number of nitrogens with one attached hydrogen (secondary N) is 1. The third-order valence-corrected chi connectivity index (χ3v) is 8.37. The van der Waals surface area contributed by atoms with Crippen LogP contribution >= 0.6 is 11.3 Å². The van der Waals surface area contributed by atoms with Gasteiger partial charge in [-0.1, -0.05) is 30.3 Å². The summed E-state index contributed by atoms with van der Waals surface area (Å²) < 4.78 is 101. The zero-order valence-electron chi connectivity index (χ0n) is 27.2. The van der Waals surface area contributed by atoms with Crippen molar-refractivity contribution in [1.82, 2.24) is 25.1 Å². The number of nitrogens with two attached hydrogens (primary N) is 1. The number of hydrogen-bond acceptors (Lipinski definition) is 10. The molecule has 1 aliphatic rings. The van der Waals surface area contributed by atoms with Gasteiger partial charge in [0, 0.05) is 36.5 Å². The Morgan fingerprint density at radius 3 is 2.35 bits per heavy atom. The highest BCUT2D eigenvalue weighted by atomic mass is 32.2. The summed E-state index contributed by atoms with van der Waals surface area (Å²) in [6.45, 7) is 2.97. The number of halogens is 6. The highest BCUT2D eigenvalue weighted by molar-refractivity contribution is 7.86. The summed E-state index contributed by atoms with van der Waals surface area (Å²) in [5.74, 6) is -2.04. The van der Waals surface area contributed by atoms with Crippen LogP contribution in [0, 0.1) is 0 Å². The Hall–Kier alpha value is -4.80. The van der Waals surface area contributed by atoms with Crippen LogP contribution in [0.5, 0.6) is 5.75 Å². The van der Waals surface area contributed by atoms with Crippen LogP contribution in [0.25, 0.3) is 27.5 Å². The molecule has 3 heterocycles. The molecule has 5 rings (SSSR count). The molecule has 0 radical (unpaired) electrons. The van der Waals surface area contributed by atoms with Crippen LogP contribution in [-0.4, -0.2) is 94.3 Å². The number of rotatable bonds is 11. The summed E-state index contributed by atoms with van der Waals surface area (Å²) in [4.78, 5) is 27.5. The van der Waals surface area contributed by atoms with E-state index in [1.807, 2.05) is 52.8 Å². The van der Waals surface area contributed by atoms with Crippen LogP contribution in [0.3, 0.4) is 0 Å². The first-order chi connectivity index (χ1) is 24.3. The molecule has 1 aliphatic heterocycles. The Morgan fingerprint density at radius 1 is 1.13 bits per heavy atom. The van der Waals surface area contributed by atoms with Crippen molar-refractivity contribution >= 4 is 33.5 Å². The number of aryl methyl sites for hydroxylation is 2. The third-order valence-electron chi connectivity index (χ3n) is 6.93. The van der Waals surface area contributed by atoms with E-state index in [9.17, 15) is 31.1 Å². The standard InChI is InChI=1S/C27H31N7O2S.C2HF3O2.CHF3O3S/c1-32-22(9-5-6-12-28)18-34(31-32)21-10-11-23(25(17-21)36-16-15-33-14-13-29-27(33)35)26-30-24(19-37-26)20-7-3-2-4-8-20;3-2(4,5)1(6)7;2-1(3,4)8(5,6)7/h2-4,7-8,10-11,17-19H,5-6,9,12-16,28H2,1H3;(H,6,7);(H,5,6,7). The molecule has 4 N–H and O–H groups in total. The van der Waals surface area contributed by atoms with Gasteiger partial charge in [0.2, 0.25) is 0 Å². The first-order valence-electron chi connectivity index (χ1n) is 15.1. The van der Waals surface area contributed by atoms with E-state index in [1.165, 1.54) is 0 Å². The molecule has 284 valence electrons. The lowest BCUT2D eigenvalue weighted by Crippen LogP contribution is -2.35. The number of ether oxygens (including phenoxy) is 1. The Morgan fingerprint density at radius 2 is 1.79 bits per heavy atom. The maximum absolute atomic E-state index is 11.9. The summed E-state index contributed by atoms with van der Waals surface area (Å²) in [5, 5.41) is 17.6. The number of carboxylic acids is 1. The second-order valence-corrected chi connectivity index (χ2v) is 12.9. The fourth-order valence-corrected chi connectivity index (χ4v) is 5.19. The molecule has 4 aromatic rings. The smallest absolute Gasteiger partial charge is 0.490 e. The fourth-order valence-electron chi connectivity index (χ4n) is 4.33. The van der Waals surface area contributed by atoms with Crippen molar-refractivity contribution in [1.29, 1.82) is 0 Å². The van der Waals surface area contributed by atoms with Gasteiger partial charge in [-0.3, -0.25) is 0 Å². The summed E-state index contributed by atoms with van der Waals surface area (Å²) in [6, 6.07) is 16.2. The van der Waals surface area contributed by atoms with E-state index in [0.717, 1.165) is 52.5 Å². The minimum atomic E-state index is -6.09. The summed E-state index contributed by atoms with van der Waals surface area (Å²) >= 11 is 1.59. The number of benzene rings is 2. The molecule has 0 aliphatic carbocycles. The van der Waals surface area contributed by atoms with E-state index in [4.69, 9.17) is 38.3 Å². The van der Waals surface area contributed by atoms with Gasteiger partial charge in [0.15, 0.2) is 27.7 Å². The van der Waals surface area contributed by atoms with Crippen LogP contribution in [-0.2, 0) is 28.4 Å². The molecule has 1 fully saturated rings. The topological polar surface area (TPSA) is 197 Å². The van der Waals surface area contributed by atoms with Crippen LogP contribution in [0.1, 0.15) is 18.5 Å². The second-order valence-electron chi connectivity index (χ2n) is 10.7. The molecule has 2 amide bonds. The van der Waals surface area contributed by atoms with Gasteiger partial charge in [0.1, 0.15) is 24.4 Å². The predicted molar refractivity (Wildman–Crippen MR) is 173 cm³/mol. The van der Waals surface area contributed by atoms with Crippen LogP contribution < -0.4 is 20.5 Å². The Bertz CT molecular complexity index is 1900. The lowest BCUT2D eigenvalue weighted by atomic mass is 10.1. The number of amides is 2. The number of aromatic nitrogens is 4. The minimum Gasteiger partial charge on any atom is -0.741 e. The highest BCUT2D eigenvalue weighted by Gasteiger charge is 2.38. The normalized spacial score (nSPS) is 13.1. The average Bonchev–Trinajstić information content (AvgIpc) is 3.81. The Kier molecular flexibility index (Phi) is 14.5. The lowest BCUT2D eigenvalue weighted by molar-refractivity contribution is -0.738. The second kappa shape index (κ2) is 18.1. The molecule has 2 aromatic carbocycles. The maximum atomic E-state index is 11.9. The summed E-state index contributed by atoms with van der Waals surface area (Å²) in [7, 11) is -4.13. The third kappa shape index (κ3) is 12.2. The zero-order valence-corrected chi connectivity index (χ0v) is 28.9. The Labute approximate surface area is 297 Å². The van der Waals surface area contributed by atoms with Gasteiger partial charge in [0.05, 0.1) is 23.0 Å². The number of carbonyl (C=O) groups is 2. The first-order valence-corrected chi connectivity index (χ1v) is 17.4. The van der Waals surface area contributed by atoms with Gasteiger partial charge < -0.3 is 30.3 Å². The number of aliphatic carboxylic acids is 1. The van der Waals surface area contributed by atoms with Crippen molar-refractivity contribution < 1.29 is 63.4 Å². The van der Waals surface area contributed by atoms with Gasteiger partial charge in [0.25, 0.3) is 0 Å². The van der Waals surface area contributed by atoms with Gasteiger partial charge in [-0.25, -0.2) is 23.0 Å². The molecule has 14 nitrogen and oxygen atoms in total. The quantitative estimate of drug-likeness (QED) is 0.0661. The number of hydrogen-bond donors (Lipinski definition) is 3. The number of urea groups is 1. The van der Waals surface area contributed by atoms with Gasteiger partial charge in [-0.05, 0) is 31.5 Å². The molecule has 22 heteroatoms. The van der Waals surface area contributed by atoms with E-state index in [0.29, 0.717) is 38.5 Å². The minimum absolute atomic E-state index is 0.0452. The largest absolute Gasteiger partial charge is 0.741 e. The van der Waals surface area contributed by atoms with Gasteiger partial charge in [-0.15, -0.1) is 20.7 Å². The molecule has 52 heavy (non-hydrogen) atoms. The molecule has 0 saturated carbocycles. The zero-order chi connectivity index (χ0) is 38.7.